The Balaban J connectivity index is 1.67. The fraction of sp³-hybridized carbons (Fsp3) is 0.600. The van der Waals surface area contributed by atoms with Crippen LogP contribution in [0, 0.1) is 17.3 Å². The molecule has 0 aromatic heterocycles. The molecule has 0 spiro atoms. The van der Waals surface area contributed by atoms with E-state index in [9.17, 15) is 9.59 Å². The van der Waals surface area contributed by atoms with Gasteiger partial charge in [-0.05, 0) is 67.1 Å². The minimum Gasteiger partial charge on any atom is -0.388 e. The van der Waals surface area contributed by atoms with Crippen LogP contribution in [-0.2, 0) is 11.2 Å². The number of fused-ring (bicyclic) bond motifs is 5. The summed E-state index contributed by atoms with van der Waals surface area (Å²) in [6.45, 7) is 1.77. The summed E-state index contributed by atoms with van der Waals surface area (Å²) in [7, 11) is 0. The summed E-state index contributed by atoms with van der Waals surface area (Å²) in [5.41, 5.74) is 3.21. The first-order chi connectivity index (χ1) is 11.0. The number of carbonyl (C=O) groups excluding carboxylic acids is 2. The molecule has 122 valence electrons. The first kappa shape index (κ1) is 15.1. The van der Waals surface area contributed by atoms with Crippen LogP contribution < -0.4 is 0 Å². The molecule has 4 atom stereocenters. The van der Waals surface area contributed by atoms with Crippen molar-refractivity contribution >= 4 is 11.6 Å². The zero-order valence-electron chi connectivity index (χ0n) is 13.7. The Morgan fingerprint density at radius 2 is 2.09 bits per heavy atom. The molecular formula is C20H24O3. The van der Waals surface area contributed by atoms with E-state index < -0.39 is 6.61 Å². The molecule has 3 heteroatoms. The van der Waals surface area contributed by atoms with Gasteiger partial charge in [0.25, 0.3) is 0 Å². The molecule has 0 aliphatic heterocycles. The molecular weight excluding hydrogens is 288 g/mol. The first-order valence-electron chi connectivity index (χ1n) is 8.85. The maximum Gasteiger partial charge on any atom is 0.188 e. The lowest BCUT2D eigenvalue weighted by atomic mass is 9.55. The molecule has 1 aromatic carbocycles. The third-order valence-corrected chi connectivity index (χ3v) is 6.90. The van der Waals surface area contributed by atoms with Gasteiger partial charge >= 0.3 is 0 Å². The molecule has 2 saturated carbocycles. The number of aliphatic hydroxyl groups excluding tert-OH is 1. The minimum absolute atomic E-state index is 0.0779. The minimum atomic E-state index is -0.423. The van der Waals surface area contributed by atoms with Gasteiger partial charge in [-0.1, -0.05) is 19.1 Å². The Hall–Kier alpha value is -1.48. The van der Waals surface area contributed by atoms with Crippen molar-refractivity contribution in [1.29, 1.82) is 0 Å². The van der Waals surface area contributed by atoms with Crippen LogP contribution in [0.2, 0.25) is 0 Å². The number of ketones is 2. The second-order valence-electron chi connectivity index (χ2n) is 7.83. The van der Waals surface area contributed by atoms with Crippen LogP contribution >= 0.6 is 0 Å². The SMILES string of the molecule is C[C@]12CC[C@@H]3c4ccc(C(=O)CO)cc4CC[C@H]3[C@@H]1CCC2=O. The van der Waals surface area contributed by atoms with E-state index in [-0.39, 0.29) is 11.2 Å². The van der Waals surface area contributed by atoms with Crippen molar-refractivity contribution < 1.29 is 14.7 Å². The normalized spacial score (nSPS) is 35.4. The molecule has 0 saturated heterocycles. The van der Waals surface area contributed by atoms with Gasteiger partial charge in [0.1, 0.15) is 12.4 Å². The Kier molecular flexibility index (Phi) is 3.45. The summed E-state index contributed by atoms with van der Waals surface area (Å²) in [6.07, 6.45) is 6.04. The Morgan fingerprint density at radius 1 is 1.26 bits per heavy atom. The lowest BCUT2D eigenvalue weighted by Crippen LogP contribution is -2.42. The van der Waals surface area contributed by atoms with Gasteiger partial charge in [-0.2, -0.15) is 0 Å². The van der Waals surface area contributed by atoms with Crippen molar-refractivity contribution in [3.8, 4) is 0 Å². The van der Waals surface area contributed by atoms with Crippen molar-refractivity contribution in [3.63, 3.8) is 0 Å². The standard InChI is InChI=1S/C20H24O3/c1-20-9-8-15-14-4-3-13(18(22)11-21)10-12(14)2-5-16(15)17(20)6-7-19(20)23/h3-4,10,15-17,21H,2,5-9,11H2,1H3/t15-,16-,17+,20+/m1/s1. The van der Waals surface area contributed by atoms with Crippen molar-refractivity contribution in [2.75, 3.05) is 6.61 Å². The van der Waals surface area contributed by atoms with Gasteiger partial charge in [-0.25, -0.2) is 0 Å². The summed E-state index contributed by atoms with van der Waals surface area (Å²) in [5, 5.41) is 9.05. The second kappa shape index (κ2) is 5.27. The van der Waals surface area contributed by atoms with Gasteiger partial charge in [-0.3, -0.25) is 9.59 Å². The Morgan fingerprint density at radius 3 is 2.87 bits per heavy atom. The van der Waals surface area contributed by atoms with Crippen LogP contribution in [-0.4, -0.2) is 23.3 Å². The third-order valence-electron chi connectivity index (χ3n) is 6.90. The van der Waals surface area contributed by atoms with E-state index >= 15 is 0 Å². The molecule has 1 N–H and O–H groups in total. The zero-order valence-corrected chi connectivity index (χ0v) is 13.7. The summed E-state index contributed by atoms with van der Waals surface area (Å²) in [5.74, 6) is 1.98. The van der Waals surface area contributed by atoms with E-state index in [4.69, 9.17) is 5.11 Å². The molecule has 1 aromatic rings. The molecule has 0 radical (unpaired) electrons. The number of rotatable bonds is 2. The molecule has 23 heavy (non-hydrogen) atoms. The van der Waals surface area contributed by atoms with Crippen molar-refractivity contribution in [1.82, 2.24) is 0 Å². The van der Waals surface area contributed by atoms with Crippen LogP contribution in [0.25, 0.3) is 0 Å². The largest absolute Gasteiger partial charge is 0.388 e. The highest BCUT2D eigenvalue weighted by Gasteiger charge is 2.54. The molecule has 0 amide bonds. The highest BCUT2D eigenvalue weighted by Crippen LogP contribution is 2.59. The average Bonchev–Trinajstić information content (AvgIpc) is 2.88. The molecule has 3 aliphatic carbocycles. The highest BCUT2D eigenvalue weighted by molar-refractivity contribution is 5.97. The smallest absolute Gasteiger partial charge is 0.188 e. The van der Waals surface area contributed by atoms with E-state index in [0.717, 1.165) is 38.5 Å². The lowest BCUT2D eigenvalue weighted by molar-refractivity contribution is -0.129. The fourth-order valence-electron chi connectivity index (χ4n) is 5.62. The predicted molar refractivity (Wildman–Crippen MR) is 87.5 cm³/mol. The molecule has 0 bridgehead atoms. The van der Waals surface area contributed by atoms with E-state index in [1.807, 2.05) is 12.1 Å². The molecule has 3 nitrogen and oxygen atoms in total. The second-order valence-corrected chi connectivity index (χ2v) is 7.83. The van der Waals surface area contributed by atoms with E-state index in [1.54, 1.807) is 0 Å². The zero-order chi connectivity index (χ0) is 16.2. The van der Waals surface area contributed by atoms with Gasteiger partial charge in [0.15, 0.2) is 5.78 Å². The fourth-order valence-corrected chi connectivity index (χ4v) is 5.62. The number of hydrogen-bond donors (Lipinski definition) is 1. The van der Waals surface area contributed by atoms with Gasteiger partial charge in [-0.15, -0.1) is 0 Å². The summed E-state index contributed by atoms with van der Waals surface area (Å²) >= 11 is 0. The number of aliphatic hydroxyl groups is 1. The third kappa shape index (κ3) is 2.13. The molecule has 2 fully saturated rings. The van der Waals surface area contributed by atoms with Crippen LogP contribution in [0.15, 0.2) is 18.2 Å². The number of benzene rings is 1. The molecule has 3 aliphatic rings. The number of Topliss-reactive ketones (excluding diaryl/α,β-unsaturated/α-hetero) is 2. The van der Waals surface area contributed by atoms with Gasteiger partial charge in [0, 0.05) is 17.4 Å². The lowest BCUT2D eigenvalue weighted by Gasteiger charge is -2.48. The van der Waals surface area contributed by atoms with Gasteiger partial charge in [0.2, 0.25) is 0 Å². The quantitative estimate of drug-likeness (QED) is 0.853. The maximum absolute atomic E-state index is 12.3. The van der Waals surface area contributed by atoms with Crippen LogP contribution in [0.1, 0.15) is 66.4 Å². The van der Waals surface area contributed by atoms with Crippen molar-refractivity contribution in [2.24, 2.45) is 17.3 Å². The van der Waals surface area contributed by atoms with Crippen LogP contribution in [0.5, 0.6) is 0 Å². The van der Waals surface area contributed by atoms with E-state index in [1.165, 1.54) is 11.1 Å². The summed E-state index contributed by atoms with van der Waals surface area (Å²) < 4.78 is 0. The van der Waals surface area contributed by atoms with Gasteiger partial charge in [0.05, 0.1) is 0 Å². The number of hydrogen-bond acceptors (Lipinski definition) is 3. The molecule has 0 unspecified atom stereocenters. The van der Waals surface area contributed by atoms with Crippen LogP contribution in [0.3, 0.4) is 0 Å². The van der Waals surface area contributed by atoms with E-state index in [2.05, 4.69) is 13.0 Å². The number of aryl methyl sites for hydroxylation is 1. The van der Waals surface area contributed by atoms with Gasteiger partial charge < -0.3 is 5.11 Å². The average molecular weight is 312 g/mol. The molecule has 0 heterocycles. The van der Waals surface area contributed by atoms with Crippen molar-refractivity contribution in [3.05, 3.63) is 34.9 Å². The topological polar surface area (TPSA) is 54.4 Å². The maximum atomic E-state index is 12.3. The molecule has 4 rings (SSSR count). The van der Waals surface area contributed by atoms with Crippen molar-refractivity contribution in [2.45, 2.75) is 51.4 Å². The van der Waals surface area contributed by atoms with E-state index in [0.29, 0.717) is 29.1 Å². The predicted octanol–water partition coefficient (Wildman–Crippen LogP) is 3.29. The summed E-state index contributed by atoms with van der Waals surface area (Å²) in [6, 6.07) is 5.96. The first-order valence-corrected chi connectivity index (χ1v) is 8.85. The highest BCUT2D eigenvalue weighted by atomic mass is 16.3. The Bertz CT molecular complexity index is 677. The summed E-state index contributed by atoms with van der Waals surface area (Å²) in [4.78, 5) is 24.1. The monoisotopic (exact) mass is 312 g/mol. The number of carbonyl (C=O) groups is 2. The van der Waals surface area contributed by atoms with Crippen LogP contribution in [0.4, 0.5) is 0 Å². The Labute approximate surface area is 137 Å².